The van der Waals surface area contributed by atoms with E-state index >= 15 is 4.39 Å². The summed E-state index contributed by atoms with van der Waals surface area (Å²) >= 11 is 0. The van der Waals surface area contributed by atoms with Gasteiger partial charge >= 0.3 is 6.18 Å². The highest BCUT2D eigenvalue weighted by Gasteiger charge is 2.43. The molecule has 0 unspecified atom stereocenters. The van der Waals surface area contributed by atoms with Crippen LogP contribution in [0.1, 0.15) is 35.4 Å². The molecule has 0 bridgehead atoms. The van der Waals surface area contributed by atoms with Crippen LogP contribution in [-0.2, 0) is 17.5 Å². The molecular formula is C31H31F4N7O. The third kappa shape index (κ3) is 6.02. The minimum absolute atomic E-state index is 0.000231. The second kappa shape index (κ2) is 11.8. The molecular weight excluding hydrogens is 562 g/mol. The zero-order chi connectivity index (χ0) is 30.1. The SMILES string of the molecule is CC(=O)N1CCN2[C@H](CN(Cc3cc(-n4nnnc4C(F)(F)F)ccc3F)C[C@H]2C(c2ccccc2)c2ccccc2)C1. The molecule has 43 heavy (non-hydrogen) atoms. The van der Waals surface area contributed by atoms with Crippen molar-refractivity contribution in [3.8, 4) is 5.69 Å². The Kier molecular flexibility index (Phi) is 7.97. The van der Waals surface area contributed by atoms with E-state index in [0.717, 1.165) is 17.2 Å². The van der Waals surface area contributed by atoms with E-state index in [4.69, 9.17) is 0 Å². The molecule has 3 aromatic carbocycles. The number of aromatic nitrogens is 4. The summed E-state index contributed by atoms with van der Waals surface area (Å²) in [5.74, 6) is -1.79. The molecule has 1 amide bonds. The largest absolute Gasteiger partial charge is 0.453 e. The van der Waals surface area contributed by atoms with Gasteiger partial charge in [-0.2, -0.15) is 17.9 Å². The van der Waals surface area contributed by atoms with Crippen molar-refractivity contribution in [2.24, 2.45) is 0 Å². The molecule has 1 aromatic heterocycles. The maximum Gasteiger partial charge on any atom is 0.453 e. The summed E-state index contributed by atoms with van der Waals surface area (Å²) in [6.07, 6.45) is -4.77. The van der Waals surface area contributed by atoms with Crippen molar-refractivity contribution >= 4 is 5.91 Å². The monoisotopic (exact) mass is 593 g/mol. The highest BCUT2D eigenvalue weighted by molar-refractivity contribution is 5.73. The predicted molar refractivity (Wildman–Crippen MR) is 151 cm³/mol. The van der Waals surface area contributed by atoms with Crippen molar-refractivity contribution in [1.29, 1.82) is 0 Å². The number of nitrogens with zero attached hydrogens (tertiary/aromatic N) is 7. The number of hydrogen-bond acceptors (Lipinski definition) is 6. The molecule has 4 aromatic rings. The summed E-state index contributed by atoms with van der Waals surface area (Å²) in [5.41, 5.74) is 2.57. The van der Waals surface area contributed by atoms with E-state index in [0.29, 0.717) is 37.4 Å². The third-order valence-electron chi connectivity index (χ3n) is 8.41. The second-order valence-corrected chi connectivity index (χ2v) is 11.1. The van der Waals surface area contributed by atoms with Crippen LogP contribution in [-0.4, -0.2) is 85.6 Å². The van der Waals surface area contributed by atoms with Gasteiger partial charge in [0.1, 0.15) is 5.82 Å². The van der Waals surface area contributed by atoms with Crippen LogP contribution in [0.25, 0.3) is 5.69 Å². The quantitative estimate of drug-likeness (QED) is 0.310. The molecule has 2 atom stereocenters. The number of rotatable bonds is 6. The van der Waals surface area contributed by atoms with E-state index in [1.807, 2.05) is 41.3 Å². The number of tetrazole rings is 1. The van der Waals surface area contributed by atoms with Crippen LogP contribution in [0, 0.1) is 5.82 Å². The molecule has 0 radical (unpaired) electrons. The first kappa shape index (κ1) is 28.9. The minimum Gasteiger partial charge on any atom is -0.340 e. The standard InChI is InChI=1S/C31H31F4N7O/c1-21(43)40-14-15-41-26(19-40)18-39(20-28(41)29(22-8-4-2-5-9-22)23-10-6-3-7-11-23)17-24-16-25(12-13-27(24)32)42-30(31(33,34)35)36-37-38-42/h2-13,16,26,28-29H,14-15,17-20H2,1H3/t26-,28+/m1/s1. The molecule has 2 fully saturated rings. The zero-order valence-corrected chi connectivity index (χ0v) is 23.5. The van der Waals surface area contributed by atoms with Crippen LogP contribution >= 0.6 is 0 Å². The Hall–Kier alpha value is -4.16. The van der Waals surface area contributed by atoms with Gasteiger partial charge in [0.05, 0.1) is 5.69 Å². The van der Waals surface area contributed by atoms with Gasteiger partial charge in [-0.25, -0.2) is 4.39 Å². The molecule has 224 valence electrons. The van der Waals surface area contributed by atoms with E-state index < -0.39 is 17.8 Å². The van der Waals surface area contributed by atoms with Crippen LogP contribution < -0.4 is 0 Å². The summed E-state index contributed by atoms with van der Waals surface area (Å²) in [4.78, 5) is 18.8. The number of carbonyl (C=O) groups excluding carboxylic acids is 1. The number of amides is 1. The van der Waals surface area contributed by atoms with Gasteiger partial charge in [0.2, 0.25) is 5.91 Å². The van der Waals surface area contributed by atoms with Crippen LogP contribution in [0.2, 0.25) is 0 Å². The van der Waals surface area contributed by atoms with Gasteiger partial charge < -0.3 is 4.90 Å². The van der Waals surface area contributed by atoms with Gasteiger partial charge in [-0.15, -0.1) is 5.10 Å². The molecule has 6 rings (SSSR count). The first-order chi connectivity index (χ1) is 20.7. The Labute approximate surface area is 246 Å². The lowest BCUT2D eigenvalue weighted by atomic mass is 9.81. The topological polar surface area (TPSA) is 70.4 Å². The van der Waals surface area contributed by atoms with Crippen molar-refractivity contribution in [1.82, 2.24) is 34.9 Å². The number of benzene rings is 3. The van der Waals surface area contributed by atoms with Gasteiger partial charge in [-0.3, -0.25) is 14.6 Å². The summed E-state index contributed by atoms with van der Waals surface area (Å²) in [7, 11) is 0. The first-order valence-electron chi connectivity index (χ1n) is 14.2. The second-order valence-electron chi connectivity index (χ2n) is 11.1. The number of carbonyl (C=O) groups is 1. The fourth-order valence-electron chi connectivity index (χ4n) is 6.47. The molecule has 0 saturated carbocycles. The van der Waals surface area contributed by atoms with Gasteiger partial charge in [-0.1, -0.05) is 60.7 Å². The van der Waals surface area contributed by atoms with Crippen molar-refractivity contribution in [2.75, 3.05) is 32.7 Å². The smallest absolute Gasteiger partial charge is 0.340 e. The van der Waals surface area contributed by atoms with Gasteiger partial charge in [-0.05, 0) is 39.8 Å². The maximum absolute atomic E-state index is 15.2. The number of hydrogen-bond donors (Lipinski definition) is 0. The lowest BCUT2D eigenvalue weighted by molar-refractivity contribution is -0.146. The lowest BCUT2D eigenvalue weighted by Gasteiger charge is -2.53. The zero-order valence-electron chi connectivity index (χ0n) is 23.5. The summed E-state index contributed by atoms with van der Waals surface area (Å²) in [5, 5.41) is 9.81. The van der Waals surface area contributed by atoms with Crippen LogP contribution in [0.3, 0.4) is 0 Å². The van der Waals surface area contributed by atoms with E-state index in [2.05, 4.69) is 49.6 Å². The number of halogens is 4. The van der Waals surface area contributed by atoms with Crippen LogP contribution in [0.4, 0.5) is 17.6 Å². The molecule has 0 N–H and O–H groups in total. The fourth-order valence-corrected chi connectivity index (χ4v) is 6.47. The number of alkyl halides is 3. The molecule has 8 nitrogen and oxygen atoms in total. The minimum atomic E-state index is -4.77. The van der Waals surface area contributed by atoms with Gasteiger partial charge in [0.15, 0.2) is 0 Å². The predicted octanol–water partition coefficient (Wildman–Crippen LogP) is 4.37. The van der Waals surface area contributed by atoms with Gasteiger partial charge in [0, 0.05) is 69.8 Å². The van der Waals surface area contributed by atoms with E-state index in [1.54, 1.807) is 6.92 Å². The maximum atomic E-state index is 15.2. The number of piperazine rings is 2. The Morgan fingerprint density at radius 2 is 1.60 bits per heavy atom. The van der Waals surface area contributed by atoms with Crippen molar-refractivity contribution in [3.63, 3.8) is 0 Å². The van der Waals surface area contributed by atoms with Crippen molar-refractivity contribution in [3.05, 3.63) is 107 Å². The molecule has 2 aliphatic rings. The summed E-state index contributed by atoms with van der Waals surface area (Å²) in [6.45, 7) is 4.78. The summed E-state index contributed by atoms with van der Waals surface area (Å²) in [6, 6.07) is 24.3. The number of fused-ring (bicyclic) bond motifs is 1. The Morgan fingerprint density at radius 1 is 0.930 bits per heavy atom. The van der Waals surface area contributed by atoms with Crippen molar-refractivity contribution in [2.45, 2.75) is 37.6 Å². The van der Waals surface area contributed by atoms with Crippen LogP contribution in [0.5, 0.6) is 0 Å². The summed E-state index contributed by atoms with van der Waals surface area (Å²) < 4.78 is 56.3. The Morgan fingerprint density at radius 3 is 2.23 bits per heavy atom. The Balaban J connectivity index is 1.36. The van der Waals surface area contributed by atoms with Crippen molar-refractivity contribution < 1.29 is 22.4 Å². The Bertz CT molecular complexity index is 1520. The van der Waals surface area contributed by atoms with Crippen LogP contribution in [0.15, 0.2) is 78.9 Å². The average Bonchev–Trinajstić information content (AvgIpc) is 3.50. The first-order valence-corrected chi connectivity index (χ1v) is 14.2. The molecule has 3 heterocycles. The molecule has 2 aliphatic heterocycles. The highest BCUT2D eigenvalue weighted by Crippen LogP contribution is 2.36. The lowest BCUT2D eigenvalue weighted by Crippen LogP contribution is -2.67. The fraction of sp³-hybridized carbons (Fsp3) is 0.355. The molecule has 12 heteroatoms. The van der Waals surface area contributed by atoms with E-state index in [-0.39, 0.29) is 41.7 Å². The molecule has 0 spiro atoms. The molecule has 0 aliphatic carbocycles. The van der Waals surface area contributed by atoms with E-state index in [9.17, 15) is 18.0 Å². The average molecular weight is 594 g/mol. The van der Waals surface area contributed by atoms with E-state index in [1.165, 1.54) is 12.1 Å². The third-order valence-corrected chi connectivity index (χ3v) is 8.41. The molecule has 2 saturated heterocycles. The van der Waals surface area contributed by atoms with Gasteiger partial charge in [0.25, 0.3) is 5.82 Å². The highest BCUT2D eigenvalue weighted by atomic mass is 19.4. The normalized spacial score (nSPS) is 19.9.